The highest BCUT2D eigenvalue weighted by Gasteiger charge is 2.22. The van der Waals surface area contributed by atoms with Gasteiger partial charge in [-0.1, -0.05) is 5.16 Å². The molecule has 1 amide bonds. The lowest BCUT2D eigenvalue weighted by Crippen LogP contribution is -2.35. The molecule has 3 rings (SSSR count). The van der Waals surface area contributed by atoms with Crippen molar-refractivity contribution in [3.05, 3.63) is 40.8 Å². The van der Waals surface area contributed by atoms with Gasteiger partial charge in [0, 0.05) is 30.8 Å². The van der Waals surface area contributed by atoms with E-state index >= 15 is 0 Å². The summed E-state index contributed by atoms with van der Waals surface area (Å²) in [4.78, 5) is 14.9. The number of ether oxygens (including phenoxy) is 1. The van der Waals surface area contributed by atoms with Gasteiger partial charge in [-0.05, 0) is 76.3 Å². The summed E-state index contributed by atoms with van der Waals surface area (Å²) in [5.74, 6) is 2.35. The Hall–Kier alpha value is -2.34. The number of hydrogen-bond donors (Lipinski definition) is 1. The molecular weight excluding hydrogens is 354 g/mol. The molecule has 1 aromatic heterocycles. The maximum Gasteiger partial charge on any atom is 0.224 e. The molecular formula is C22H31N3O3. The van der Waals surface area contributed by atoms with Crippen LogP contribution in [-0.4, -0.2) is 36.2 Å². The zero-order valence-corrected chi connectivity index (χ0v) is 17.4. The summed E-state index contributed by atoms with van der Waals surface area (Å²) in [5.41, 5.74) is 4.05. The Balaban J connectivity index is 1.48. The molecule has 2 aromatic rings. The summed E-state index contributed by atoms with van der Waals surface area (Å²) < 4.78 is 10.5. The summed E-state index contributed by atoms with van der Waals surface area (Å²) in [5, 5.41) is 7.09. The molecule has 1 aromatic carbocycles. The van der Waals surface area contributed by atoms with E-state index in [4.69, 9.17) is 9.26 Å². The highest BCUT2D eigenvalue weighted by molar-refractivity contribution is 5.91. The zero-order valence-electron chi connectivity index (χ0n) is 17.4. The third-order valence-corrected chi connectivity index (χ3v) is 5.65. The van der Waals surface area contributed by atoms with Gasteiger partial charge in [-0.2, -0.15) is 0 Å². The van der Waals surface area contributed by atoms with E-state index in [-0.39, 0.29) is 5.91 Å². The number of hydrogen-bond acceptors (Lipinski definition) is 5. The molecule has 2 heterocycles. The molecule has 0 bridgehead atoms. The highest BCUT2D eigenvalue weighted by atomic mass is 16.5. The van der Waals surface area contributed by atoms with Crippen LogP contribution in [0.2, 0.25) is 0 Å². The number of piperidine rings is 1. The van der Waals surface area contributed by atoms with Crippen LogP contribution >= 0.6 is 0 Å². The number of aromatic nitrogens is 1. The monoisotopic (exact) mass is 385 g/mol. The average molecular weight is 386 g/mol. The van der Waals surface area contributed by atoms with Crippen LogP contribution in [0.5, 0.6) is 5.75 Å². The molecule has 1 aliphatic heterocycles. The Bertz CT molecular complexity index is 796. The number of amides is 1. The minimum Gasteiger partial charge on any atom is -0.497 e. The van der Waals surface area contributed by atoms with E-state index in [1.807, 2.05) is 39.0 Å². The maximum absolute atomic E-state index is 12.4. The van der Waals surface area contributed by atoms with Gasteiger partial charge in [-0.3, -0.25) is 9.69 Å². The fraction of sp³-hybridized carbons (Fsp3) is 0.545. The summed E-state index contributed by atoms with van der Waals surface area (Å²) in [6.45, 7) is 8.96. The molecule has 0 spiro atoms. The lowest BCUT2D eigenvalue weighted by atomic mass is 9.93. The molecule has 6 nitrogen and oxygen atoms in total. The van der Waals surface area contributed by atoms with Crippen LogP contribution in [0.15, 0.2) is 22.7 Å². The van der Waals surface area contributed by atoms with E-state index in [0.29, 0.717) is 12.3 Å². The smallest absolute Gasteiger partial charge is 0.224 e. The number of aryl methyl sites for hydroxylation is 3. The first-order valence-electron chi connectivity index (χ1n) is 10.0. The molecule has 1 saturated heterocycles. The maximum atomic E-state index is 12.4. The van der Waals surface area contributed by atoms with E-state index < -0.39 is 0 Å². The van der Waals surface area contributed by atoms with Crippen LogP contribution in [0, 0.1) is 26.7 Å². The lowest BCUT2D eigenvalue weighted by molar-refractivity contribution is -0.116. The number of likely N-dealkylation sites (tertiary alicyclic amines) is 1. The summed E-state index contributed by atoms with van der Waals surface area (Å²) in [7, 11) is 1.65. The minimum absolute atomic E-state index is 0.0797. The zero-order chi connectivity index (χ0) is 20.1. The summed E-state index contributed by atoms with van der Waals surface area (Å²) in [6.07, 6.45) is 3.83. The van der Waals surface area contributed by atoms with Crippen molar-refractivity contribution in [1.29, 1.82) is 0 Å². The van der Waals surface area contributed by atoms with Gasteiger partial charge in [0.15, 0.2) is 0 Å². The van der Waals surface area contributed by atoms with Crippen LogP contribution in [-0.2, 0) is 11.3 Å². The molecule has 0 aliphatic carbocycles. The first-order chi connectivity index (χ1) is 13.5. The van der Waals surface area contributed by atoms with Crippen molar-refractivity contribution in [2.75, 3.05) is 25.5 Å². The first kappa shape index (κ1) is 20.4. The fourth-order valence-electron chi connectivity index (χ4n) is 3.93. The van der Waals surface area contributed by atoms with Crippen molar-refractivity contribution in [1.82, 2.24) is 10.1 Å². The average Bonchev–Trinajstić information content (AvgIpc) is 3.00. The number of rotatable bonds is 7. The van der Waals surface area contributed by atoms with Crippen molar-refractivity contribution in [2.45, 2.75) is 53.0 Å². The van der Waals surface area contributed by atoms with Gasteiger partial charge in [-0.15, -0.1) is 0 Å². The molecule has 0 saturated carbocycles. The Labute approximate surface area is 167 Å². The van der Waals surface area contributed by atoms with Gasteiger partial charge in [0.25, 0.3) is 0 Å². The van der Waals surface area contributed by atoms with Crippen LogP contribution < -0.4 is 10.1 Å². The topological polar surface area (TPSA) is 67.6 Å². The Morgan fingerprint density at radius 3 is 2.86 bits per heavy atom. The first-order valence-corrected chi connectivity index (χ1v) is 10.0. The molecule has 28 heavy (non-hydrogen) atoms. The van der Waals surface area contributed by atoms with Crippen LogP contribution in [0.4, 0.5) is 5.69 Å². The van der Waals surface area contributed by atoms with E-state index in [2.05, 4.69) is 15.4 Å². The van der Waals surface area contributed by atoms with Crippen molar-refractivity contribution >= 4 is 11.6 Å². The van der Waals surface area contributed by atoms with Crippen LogP contribution in [0.3, 0.4) is 0 Å². The van der Waals surface area contributed by atoms with Crippen LogP contribution in [0.1, 0.15) is 48.3 Å². The predicted molar refractivity (Wildman–Crippen MR) is 110 cm³/mol. The quantitative estimate of drug-likeness (QED) is 0.772. The molecule has 6 heteroatoms. The second-order valence-corrected chi connectivity index (χ2v) is 7.81. The van der Waals surface area contributed by atoms with E-state index in [1.54, 1.807) is 7.11 Å². The van der Waals surface area contributed by atoms with Crippen LogP contribution in [0.25, 0.3) is 0 Å². The van der Waals surface area contributed by atoms with E-state index in [9.17, 15) is 4.79 Å². The van der Waals surface area contributed by atoms with Crippen molar-refractivity contribution in [3.8, 4) is 5.75 Å². The lowest BCUT2D eigenvalue weighted by Gasteiger charge is -2.32. The number of carbonyl (C=O) groups excluding carboxylic acids is 1. The van der Waals surface area contributed by atoms with E-state index in [1.165, 1.54) is 18.4 Å². The van der Waals surface area contributed by atoms with Crippen molar-refractivity contribution < 1.29 is 14.1 Å². The number of nitrogens with zero attached hydrogens (tertiary/aromatic N) is 2. The van der Waals surface area contributed by atoms with Crippen molar-refractivity contribution in [2.24, 2.45) is 5.92 Å². The Morgan fingerprint density at radius 2 is 2.18 bits per heavy atom. The molecule has 1 atom stereocenters. The van der Waals surface area contributed by atoms with Gasteiger partial charge in [-0.25, -0.2) is 0 Å². The number of carbonyl (C=O) groups is 1. The minimum atomic E-state index is 0.0797. The van der Waals surface area contributed by atoms with Gasteiger partial charge in [0.1, 0.15) is 11.5 Å². The molecule has 152 valence electrons. The van der Waals surface area contributed by atoms with Gasteiger partial charge >= 0.3 is 0 Å². The number of benzene rings is 1. The molecule has 1 aliphatic rings. The summed E-state index contributed by atoms with van der Waals surface area (Å²) in [6, 6.07) is 5.71. The number of nitrogens with one attached hydrogen (secondary N) is 1. The number of methoxy groups -OCH3 is 1. The van der Waals surface area contributed by atoms with Gasteiger partial charge < -0.3 is 14.6 Å². The molecule has 1 N–H and O–H groups in total. The van der Waals surface area contributed by atoms with Gasteiger partial charge in [0.2, 0.25) is 5.91 Å². The second-order valence-electron chi connectivity index (χ2n) is 7.81. The van der Waals surface area contributed by atoms with E-state index in [0.717, 1.165) is 54.5 Å². The fourth-order valence-corrected chi connectivity index (χ4v) is 3.93. The highest BCUT2D eigenvalue weighted by Crippen LogP contribution is 2.25. The molecule has 0 radical (unpaired) electrons. The predicted octanol–water partition coefficient (Wildman–Crippen LogP) is 4.24. The summed E-state index contributed by atoms with van der Waals surface area (Å²) >= 11 is 0. The molecule has 0 unspecified atom stereocenters. The standard InChI is InChI=1S/C22H31N3O3/c1-15-12-19(27-4)8-9-21(15)23-22(26)10-7-18-6-5-11-25(13-18)14-20-16(2)24-28-17(20)3/h8-9,12,18H,5-7,10-11,13-14H2,1-4H3,(H,23,26)/t18-/m1/s1. The molecule has 1 fully saturated rings. The third kappa shape index (κ3) is 5.13. The Kier molecular flexibility index (Phi) is 6.73. The Morgan fingerprint density at radius 1 is 1.36 bits per heavy atom. The second kappa shape index (κ2) is 9.24. The normalized spacial score (nSPS) is 17.5. The number of anilines is 1. The SMILES string of the molecule is COc1ccc(NC(=O)CC[C@H]2CCCN(Cc3c(C)noc3C)C2)c(C)c1. The third-order valence-electron chi connectivity index (χ3n) is 5.65. The van der Waals surface area contributed by atoms with Crippen molar-refractivity contribution in [3.63, 3.8) is 0 Å². The van der Waals surface area contributed by atoms with Gasteiger partial charge in [0.05, 0.1) is 12.8 Å². The largest absolute Gasteiger partial charge is 0.497 e.